The van der Waals surface area contributed by atoms with Gasteiger partial charge in [-0.3, -0.25) is 4.57 Å². The number of alkyl halides is 3. The van der Waals surface area contributed by atoms with Gasteiger partial charge in [-0.2, -0.15) is 0 Å². The van der Waals surface area contributed by atoms with Gasteiger partial charge in [-0.05, 0) is 40.3 Å². The largest absolute Gasteiger partial charge is 0.573 e. The molecule has 4 rings (SSSR count). The second-order valence-corrected chi connectivity index (χ2v) is 7.05. The molecule has 2 N–H and O–H groups in total. The number of amides is 2. The Morgan fingerprint density at radius 1 is 1.15 bits per heavy atom. The second-order valence-electron chi connectivity index (χ2n) is 7.05. The number of benzene rings is 2. The van der Waals surface area contributed by atoms with Crippen molar-refractivity contribution in [2.75, 3.05) is 11.9 Å². The predicted octanol–water partition coefficient (Wildman–Crippen LogP) is 3.94. The maximum absolute atomic E-state index is 12.3. The minimum absolute atomic E-state index is 0.106. The van der Waals surface area contributed by atoms with Crippen LogP contribution in [0.25, 0.3) is 11.1 Å². The van der Waals surface area contributed by atoms with Crippen LogP contribution in [-0.2, 0) is 6.54 Å². The van der Waals surface area contributed by atoms with Crippen molar-refractivity contribution >= 4 is 17.5 Å². The Morgan fingerprint density at radius 3 is 2.39 bits per heavy atom. The number of fused-ring (bicyclic) bond motifs is 1. The van der Waals surface area contributed by atoms with E-state index in [0.717, 1.165) is 5.56 Å². The third-order valence-corrected chi connectivity index (χ3v) is 4.64. The molecule has 0 saturated heterocycles. The molecule has 0 fully saturated rings. The molecule has 172 valence electrons. The SMILES string of the molecule is O=C(Nc1ccc(-c2ccc(OC(F)(F)F)cc2)cc1)N[C@@H]1COc2nc([N+](=O)[O-])cn2C1. The van der Waals surface area contributed by atoms with E-state index in [1.807, 2.05) is 0 Å². The molecule has 10 nitrogen and oxygen atoms in total. The molecule has 0 spiro atoms. The first kappa shape index (κ1) is 21.9. The van der Waals surface area contributed by atoms with Crippen LogP contribution in [0.4, 0.5) is 29.5 Å². The molecule has 1 atom stereocenters. The van der Waals surface area contributed by atoms with Gasteiger partial charge in [0.2, 0.25) is 0 Å². The zero-order valence-corrected chi connectivity index (χ0v) is 16.7. The lowest BCUT2D eigenvalue weighted by molar-refractivity contribution is -0.389. The van der Waals surface area contributed by atoms with Crippen LogP contribution in [0.5, 0.6) is 11.8 Å². The van der Waals surface area contributed by atoms with Crippen LogP contribution in [0.2, 0.25) is 0 Å². The van der Waals surface area contributed by atoms with Crippen molar-refractivity contribution in [2.24, 2.45) is 0 Å². The monoisotopic (exact) mass is 463 g/mol. The van der Waals surface area contributed by atoms with E-state index in [1.54, 1.807) is 24.3 Å². The number of hydrogen-bond donors (Lipinski definition) is 2. The summed E-state index contributed by atoms with van der Waals surface area (Å²) in [4.78, 5) is 26.2. The maximum Gasteiger partial charge on any atom is 0.573 e. The van der Waals surface area contributed by atoms with Gasteiger partial charge in [0.15, 0.2) is 0 Å². The number of nitro groups is 1. The van der Waals surface area contributed by atoms with Gasteiger partial charge in [0, 0.05) is 10.7 Å². The average Bonchev–Trinajstić information content (AvgIpc) is 3.18. The van der Waals surface area contributed by atoms with E-state index in [2.05, 4.69) is 20.4 Å². The number of carbonyl (C=O) groups excluding carboxylic acids is 1. The number of halogens is 3. The van der Waals surface area contributed by atoms with E-state index >= 15 is 0 Å². The van der Waals surface area contributed by atoms with Crippen molar-refractivity contribution in [1.29, 1.82) is 0 Å². The van der Waals surface area contributed by atoms with Gasteiger partial charge < -0.3 is 30.2 Å². The highest BCUT2D eigenvalue weighted by Crippen LogP contribution is 2.27. The zero-order chi connectivity index (χ0) is 23.6. The molecule has 2 aromatic carbocycles. The molecule has 1 aromatic heterocycles. The minimum Gasteiger partial charge on any atom is -0.444 e. The summed E-state index contributed by atoms with van der Waals surface area (Å²) in [5.74, 6) is -0.650. The van der Waals surface area contributed by atoms with E-state index < -0.39 is 23.4 Å². The van der Waals surface area contributed by atoms with Gasteiger partial charge in [0.1, 0.15) is 18.6 Å². The molecule has 3 aromatic rings. The van der Waals surface area contributed by atoms with E-state index in [1.165, 1.54) is 35.0 Å². The molecule has 33 heavy (non-hydrogen) atoms. The number of imidazole rings is 1. The van der Waals surface area contributed by atoms with Crippen molar-refractivity contribution < 1.29 is 32.4 Å². The van der Waals surface area contributed by atoms with Gasteiger partial charge >= 0.3 is 24.2 Å². The Balaban J connectivity index is 1.32. The van der Waals surface area contributed by atoms with Gasteiger partial charge in [-0.25, -0.2) is 4.79 Å². The summed E-state index contributed by atoms with van der Waals surface area (Å²) in [5, 5.41) is 16.2. The lowest BCUT2D eigenvalue weighted by atomic mass is 10.1. The van der Waals surface area contributed by atoms with Crippen molar-refractivity contribution in [2.45, 2.75) is 18.9 Å². The van der Waals surface area contributed by atoms with Crippen molar-refractivity contribution in [3.8, 4) is 22.9 Å². The number of ether oxygens (including phenoxy) is 2. The second kappa shape index (κ2) is 8.68. The summed E-state index contributed by atoms with van der Waals surface area (Å²) >= 11 is 0. The molecule has 2 amide bonds. The van der Waals surface area contributed by atoms with Gasteiger partial charge in [-0.1, -0.05) is 24.3 Å². The van der Waals surface area contributed by atoms with Crippen LogP contribution in [0, 0.1) is 10.1 Å². The number of rotatable bonds is 5. The number of aromatic nitrogens is 2. The van der Waals surface area contributed by atoms with Gasteiger partial charge in [0.05, 0.1) is 12.6 Å². The van der Waals surface area contributed by atoms with Crippen LogP contribution < -0.4 is 20.1 Å². The highest BCUT2D eigenvalue weighted by atomic mass is 19.4. The van der Waals surface area contributed by atoms with E-state index in [4.69, 9.17) is 4.74 Å². The summed E-state index contributed by atoms with van der Waals surface area (Å²) in [6.45, 7) is 0.366. The number of anilines is 1. The summed E-state index contributed by atoms with van der Waals surface area (Å²) in [7, 11) is 0. The third-order valence-electron chi connectivity index (χ3n) is 4.64. The molecule has 13 heteroatoms. The van der Waals surface area contributed by atoms with E-state index in [-0.39, 0.29) is 30.7 Å². The van der Waals surface area contributed by atoms with Gasteiger partial charge in [0.25, 0.3) is 0 Å². The summed E-state index contributed by atoms with van der Waals surface area (Å²) in [6, 6.07) is 11.3. The van der Waals surface area contributed by atoms with Crippen LogP contribution in [0.3, 0.4) is 0 Å². The molecule has 1 aliphatic rings. The first-order valence-electron chi connectivity index (χ1n) is 9.54. The minimum atomic E-state index is -4.75. The van der Waals surface area contributed by atoms with E-state index in [0.29, 0.717) is 11.3 Å². The van der Waals surface area contributed by atoms with E-state index in [9.17, 15) is 28.1 Å². The fourth-order valence-electron chi connectivity index (χ4n) is 3.22. The molecule has 0 saturated carbocycles. The Kier molecular flexibility index (Phi) is 5.77. The topological polar surface area (TPSA) is 121 Å². The average molecular weight is 463 g/mol. The Labute approximate surface area is 184 Å². The molecule has 0 aliphatic carbocycles. The first-order chi connectivity index (χ1) is 15.7. The normalized spacial score (nSPS) is 15.2. The molecule has 0 bridgehead atoms. The lowest BCUT2D eigenvalue weighted by Crippen LogP contribution is -2.46. The number of nitrogens with zero attached hydrogens (tertiary/aromatic N) is 3. The standard InChI is InChI=1S/C20H16F3N5O5/c21-20(22,23)33-16-7-3-13(4-8-16)12-1-5-14(6-2-12)24-18(29)25-15-9-27-10-17(28(30)31)26-19(27)32-11-15/h1-8,10,15H,9,11H2,(H2,24,25,29)/t15-/m0/s1. The summed E-state index contributed by atoms with van der Waals surface area (Å²) in [6.07, 6.45) is -3.51. The fraction of sp³-hybridized carbons (Fsp3) is 0.200. The van der Waals surface area contributed by atoms with Crippen LogP contribution in [0.1, 0.15) is 0 Å². The number of hydrogen-bond acceptors (Lipinski definition) is 6. The molecule has 0 unspecified atom stereocenters. The van der Waals surface area contributed by atoms with Crippen LogP contribution in [-0.4, -0.2) is 39.5 Å². The molecule has 0 radical (unpaired) electrons. The highest BCUT2D eigenvalue weighted by molar-refractivity contribution is 5.89. The Bertz CT molecular complexity index is 1160. The zero-order valence-electron chi connectivity index (χ0n) is 16.7. The quantitative estimate of drug-likeness (QED) is 0.437. The lowest BCUT2D eigenvalue weighted by Gasteiger charge is -2.23. The summed E-state index contributed by atoms with van der Waals surface area (Å²) < 4.78 is 47.4. The van der Waals surface area contributed by atoms with Crippen molar-refractivity contribution in [3.05, 3.63) is 64.8 Å². The van der Waals surface area contributed by atoms with Crippen molar-refractivity contribution in [3.63, 3.8) is 0 Å². The molecular weight excluding hydrogens is 447 g/mol. The van der Waals surface area contributed by atoms with Crippen molar-refractivity contribution in [1.82, 2.24) is 14.9 Å². The van der Waals surface area contributed by atoms with Crippen LogP contribution >= 0.6 is 0 Å². The highest BCUT2D eigenvalue weighted by Gasteiger charge is 2.31. The fourth-order valence-corrected chi connectivity index (χ4v) is 3.22. The molecular formula is C20H16F3N5O5. The predicted molar refractivity (Wildman–Crippen MR) is 109 cm³/mol. The number of carbonyl (C=O) groups is 1. The smallest absolute Gasteiger partial charge is 0.444 e. The Hall–Kier alpha value is -4.29. The summed E-state index contributed by atoms with van der Waals surface area (Å²) in [5.41, 5.74) is 1.89. The third kappa shape index (κ3) is 5.50. The van der Waals surface area contributed by atoms with Gasteiger partial charge in [-0.15, -0.1) is 13.2 Å². The molecule has 2 heterocycles. The number of nitrogens with one attached hydrogen (secondary N) is 2. The Morgan fingerprint density at radius 2 is 1.79 bits per heavy atom. The first-order valence-corrected chi connectivity index (χ1v) is 9.54. The molecule has 1 aliphatic heterocycles. The van der Waals surface area contributed by atoms with Crippen LogP contribution in [0.15, 0.2) is 54.7 Å². The number of urea groups is 1. The maximum atomic E-state index is 12.3.